The lowest BCUT2D eigenvalue weighted by molar-refractivity contribution is 0.0171. The SMILES string of the molecule is Cc1ccc(C(=O)N2CCN(c3ncc(C(C)(F)F)cc3Cl)CC2)cc1. The Labute approximate surface area is 156 Å². The molecule has 1 aliphatic rings. The van der Waals surface area contributed by atoms with Gasteiger partial charge in [0.2, 0.25) is 0 Å². The van der Waals surface area contributed by atoms with Gasteiger partial charge in [-0.05, 0) is 25.1 Å². The van der Waals surface area contributed by atoms with Crippen molar-refractivity contribution in [3.05, 3.63) is 58.2 Å². The molecule has 1 amide bonds. The van der Waals surface area contributed by atoms with Crippen LogP contribution in [0.2, 0.25) is 5.02 Å². The molecular formula is C19H20ClF2N3O. The van der Waals surface area contributed by atoms with Crippen LogP contribution in [0.25, 0.3) is 0 Å². The molecule has 0 atom stereocenters. The molecule has 138 valence electrons. The van der Waals surface area contributed by atoms with Crippen LogP contribution in [0.5, 0.6) is 0 Å². The summed E-state index contributed by atoms with van der Waals surface area (Å²) >= 11 is 6.16. The number of pyridine rings is 1. The lowest BCUT2D eigenvalue weighted by Crippen LogP contribution is -2.49. The summed E-state index contributed by atoms with van der Waals surface area (Å²) in [5, 5.41) is 0.197. The third kappa shape index (κ3) is 3.96. The van der Waals surface area contributed by atoms with Crippen molar-refractivity contribution in [1.29, 1.82) is 0 Å². The van der Waals surface area contributed by atoms with Gasteiger partial charge in [0.05, 0.1) is 5.02 Å². The average Bonchev–Trinajstić information content (AvgIpc) is 2.61. The van der Waals surface area contributed by atoms with Crippen molar-refractivity contribution in [2.75, 3.05) is 31.1 Å². The highest BCUT2D eigenvalue weighted by atomic mass is 35.5. The van der Waals surface area contributed by atoms with Crippen molar-refractivity contribution >= 4 is 23.3 Å². The molecule has 2 heterocycles. The number of hydrogen-bond acceptors (Lipinski definition) is 3. The molecule has 1 aromatic carbocycles. The molecule has 1 aliphatic heterocycles. The number of aromatic nitrogens is 1. The van der Waals surface area contributed by atoms with Crippen LogP contribution in [0.1, 0.15) is 28.4 Å². The van der Waals surface area contributed by atoms with Crippen molar-refractivity contribution in [3.8, 4) is 0 Å². The number of piperazine rings is 1. The molecule has 7 heteroatoms. The van der Waals surface area contributed by atoms with Crippen LogP contribution in [0.15, 0.2) is 36.5 Å². The molecule has 0 aliphatic carbocycles. The smallest absolute Gasteiger partial charge is 0.272 e. The fraction of sp³-hybridized carbons (Fsp3) is 0.368. The van der Waals surface area contributed by atoms with Crippen LogP contribution >= 0.6 is 11.6 Å². The Bertz CT molecular complexity index is 797. The van der Waals surface area contributed by atoms with Gasteiger partial charge in [-0.2, -0.15) is 0 Å². The van der Waals surface area contributed by atoms with Gasteiger partial charge in [-0.1, -0.05) is 29.3 Å². The average molecular weight is 380 g/mol. The van der Waals surface area contributed by atoms with Crippen LogP contribution < -0.4 is 4.90 Å². The number of hydrogen-bond donors (Lipinski definition) is 0. The van der Waals surface area contributed by atoms with E-state index >= 15 is 0 Å². The van der Waals surface area contributed by atoms with Gasteiger partial charge in [-0.25, -0.2) is 13.8 Å². The fourth-order valence-electron chi connectivity index (χ4n) is 2.90. The van der Waals surface area contributed by atoms with Gasteiger partial charge in [0.1, 0.15) is 5.82 Å². The Morgan fingerprint density at radius 3 is 2.31 bits per heavy atom. The highest BCUT2D eigenvalue weighted by molar-refractivity contribution is 6.33. The third-order valence-electron chi connectivity index (χ3n) is 4.49. The quantitative estimate of drug-likeness (QED) is 0.805. The van der Waals surface area contributed by atoms with Gasteiger partial charge in [0, 0.05) is 50.4 Å². The van der Waals surface area contributed by atoms with Crippen molar-refractivity contribution in [2.24, 2.45) is 0 Å². The molecule has 0 unspecified atom stereocenters. The first-order chi connectivity index (χ1) is 12.3. The standard InChI is InChI=1S/C19H20ClF2N3O/c1-13-3-5-14(6-4-13)18(26)25-9-7-24(8-10-25)17-16(20)11-15(12-23-17)19(2,21)22/h3-6,11-12H,7-10H2,1-2H3. The van der Waals surface area contributed by atoms with E-state index in [9.17, 15) is 13.6 Å². The summed E-state index contributed by atoms with van der Waals surface area (Å²) in [6.07, 6.45) is 1.16. The van der Waals surface area contributed by atoms with Crippen molar-refractivity contribution < 1.29 is 13.6 Å². The maximum absolute atomic E-state index is 13.4. The van der Waals surface area contributed by atoms with Crippen LogP contribution in [-0.4, -0.2) is 42.0 Å². The van der Waals surface area contributed by atoms with Crippen molar-refractivity contribution in [2.45, 2.75) is 19.8 Å². The van der Waals surface area contributed by atoms with Gasteiger partial charge in [-0.15, -0.1) is 0 Å². The zero-order chi connectivity index (χ0) is 18.9. The van der Waals surface area contributed by atoms with E-state index in [1.165, 1.54) is 6.07 Å². The first-order valence-electron chi connectivity index (χ1n) is 8.40. The number of rotatable bonds is 3. The Kier molecular flexibility index (Phi) is 5.14. The zero-order valence-electron chi connectivity index (χ0n) is 14.7. The number of aryl methyl sites for hydroxylation is 1. The van der Waals surface area contributed by atoms with Crippen LogP contribution in [0.3, 0.4) is 0 Å². The maximum Gasteiger partial charge on any atom is 0.272 e. The molecule has 0 bridgehead atoms. The predicted molar refractivity (Wildman–Crippen MR) is 98.1 cm³/mol. The van der Waals surface area contributed by atoms with Crippen LogP contribution in [0.4, 0.5) is 14.6 Å². The number of anilines is 1. The number of amides is 1. The van der Waals surface area contributed by atoms with E-state index in [2.05, 4.69) is 4.98 Å². The van der Waals surface area contributed by atoms with E-state index in [0.29, 0.717) is 37.6 Å². The molecule has 0 saturated carbocycles. The summed E-state index contributed by atoms with van der Waals surface area (Å²) in [7, 11) is 0. The van der Waals surface area contributed by atoms with Gasteiger partial charge in [0.25, 0.3) is 11.8 Å². The Hall–Kier alpha value is -2.21. The number of carbonyl (C=O) groups excluding carboxylic acids is 1. The van der Waals surface area contributed by atoms with Crippen molar-refractivity contribution in [1.82, 2.24) is 9.88 Å². The lowest BCUT2D eigenvalue weighted by Gasteiger charge is -2.36. The molecule has 0 N–H and O–H groups in total. The second-order valence-corrected chi connectivity index (χ2v) is 6.97. The topological polar surface area (TPSA) is 36.4 Å². The highest BCUT2D eigenvalue weighted by Gasteiger charge is 2.28. The summed E-state index contributed by atoms with van der Waals surface area (Å²) in [4.78, 5) is 20.4. The van der Waals surface area contributed by atoms with E-state index in [1.54, 1.807) is 4.90 Å². The fourth-order valence-corrected chi connectivity index (χ4v) is 3.19. The summed E-state index contributed by atoms with van der Waals surface area (Å²) in [5.41, 5.74) is 1.56. The number of benzene rings is 1. The minimum atomic E-state index is -2.98. The molecule has 1 fully saturated rings. The molecule has 2 aromatic rings. The second-order valence-electron chi connectivity index (χ2n) is 6.56. The van der Waals surface area contributed by atoms with E-state index < -0.39 is 5.92 Å². The van der Waals surface area contributed by atoms with Gasteiger partial charge in [0.15, 0.2) is 0 Å². The van der Waals surface area contributed by atoms with Crippen LogP contribution in [-0.2, 0) is 5.92 Å². The molecule has 1 saturated heterocycles. The van der Waals surface area contributed by atoms with Crippen molar-refractivity contribution in [3.63, 3.8) is 0 Å². The Morgan fingerprint density at radius 2 is 1.77 bits per heavy atom. The Morgan fingerprint density at radius 1 is 1.15 bits per heavy atom. The maximum atomic E-state index is 13.4. The normalized spacial score (nSPS) is 15.3. The molecule has 0 radical (unpaired) electrons. The molecular weight excluding hydrogens is 360 g/mol. The number of alkyl halides is 2. The first-order valence-corrected chi connectivity index (χ1v) is 8.78. The molecule has 26 heavy (non-hydrogen) atoms. The van der Waals surface area contributed by atoms with Gasteiger partial charge < -0.3 is 9.80 Å². The zero-order valence-corrected chi connectivity index (χ0v) is 15.4. The molecule has 1 aromatic heterocycles. The monoisotopic (exact) mass is 379 g/mol. The lowest BCUT2D eigenvalue weighted by atomic mass is 10.1. The largest absolute Gasteiger partial charge is 0.352 e. The Balaban J connectivity index is 1.67. The number of nitrogens with zero attached hydrogens (tertiary/aromatic N) is 3. The van der Waals surface area contributed by atoms with E-state index in [4.69, 9.17) is 11.6 Å². The van der Waals surface area contributed by atoms with Gasteiger partial charge >= 0.3 is 0 Å². The summed E-state index contributed by atoms with van der Waals surface area (Å²) < 4.78 is 26.8. The number of halogens is 3. The summed E-state index contributed by atoms with van der Waals surface area (Å²) in [6.45, 7) is 4.93. The summed E-state index contributed by atoms with van der Waals surface area (Å²) in [5.74, 6) is -2.51. The second kappa shape index (κ2) is 7.19. The molecule has 3 rings (SSSR count). The van der Waals surface area contributed by atoms with E-state index in [0.717, 1.165) is 18.7 Å². The molecule has 4 nitrogen and oxygen atoms in total. The van der Waals surface area contributed by atoms with Gasteiger partial charge in [-0.3, -0.25) is 4.79 Å². The highest BCUT2D eigenvalue weighted by Crippen LogP contribution is 2.32. The predicted octanol–water partition coefficient (Wildman–Crippen LogP) is 4.12. The molecule has 0 spiro atoms. The summed E-state index contributed by atoms with van der Waals surface area (Å²) in [6, 6.07) is 8.74. The minimum Gasteiger partial charge on any atom is -0.352 e. The third-order valence-corrected chi connectivity index (χ3v) is 4.77. The number of carbonyl (C=O) groups is 1. The van der Waals surface area contributed by atoms with Crippen LogP contribution in [0, 0.1) is 6.92 Å². The van der Waals surface area contributed by atoms with E-state index in [1.807, 2.05) is 36.1 Å². The van der Waals surface area contributed by atoms with E-state index in [-0.39, 0.29) is 16.5 Å². The minimum absolute atomic E-state index is 0.00956. The first kappa shape index (κ1) is 18.6.